The number of hydrogen-bond acceptors (Lipinski definition) is 2. The highest BCUT2D eigenvalue weighted by atomic mass is 16.3. The van der Waals surface area contributed by atoms with Crippen LogP contribution in [0.25, 0.3) is 0 Å². The van der Waals surface area contributed by atoms with Crippen molar-refractivity contribution in [3.05, 3.63) is 23.2 Å². The molecule has 1 aliphatic carbocycles. The highest BCUT2D eigenvalue weighted by Gasteiger charge is 2.27. The van der Waals surface area contributed by atoms with E-state index in [0.29, 0.717) is 5.92 Å². The molecular formula is C12H19NO. The van der Waals surface area contributed by atoms with Crippen molar-refractivity contribution in [2.45, 2.75) is 51.5 Å². The average molecular weight is 193 g/mol. The van der Waals surface area contributed by atoms with E-state index >= 15 is 0 Å². The molecule has 1 heterocycles. The van der Waals surface area contributed by atoms with E-state index in [1.807, 2.05) is 0 Å². The molecule has 78 valence electrons. The summed E-state index contributed by atoms with van der Waals surface area (Å²) in [5, 5.41) is 0. The summed E-state index contributed by atoms with van der Waals surface area (Å²) in [6.45, 7) is 4.21. The Kier molecular flexibility index (Phi) is 2.64. The number of hydrogen-bond donors (Lipinski definition) is 1. The number of rotatable bonds is 2. The van der Waals surface area contributed by atoms with E-state index in [0.717, 1.165) is 12.2 Å². The van der Waals surface area contributed by atoms with Gasteiger partial charge in [-0.15, -0.1) is 0 Å². The Morgan fingerprint density at radius 3 is 3.07 bits per heavy atom. The molecule has 0 spiro atoms. The molecule has 2 heteroatoms. The van der Waals surface area contributed by atoms with Gasteiger partial charge in [0.15, 0.2) is 0 Å². The molecule has 0 saturated carbocycles. The molecule has 2 unspecified atom stereocenters. The first-order chi connectivity index (χ1) is 6.72. The van der Waals surface area contributed by atoms with Gasteiger partial charge < -0.3 is 10.2 Å². The lowest BCUT2D eigenvalue weighted by atomic mass is 9.84. The van der Waals surface area contributed by atoms with Crippen molar-refractivity contribution in [2.75, 3.05) is 0 Å². The molecule has 0 saturated heterocycles. The van der Waals surface area contributed by atoms with E-state index < -0.39 is 0 Å². The van der Waals surface area contributed by atoms with E-state index in [1.165, 1.54) is 30.6 Å². The normalized spacial score (nSPS) is 23.2. The number of nitrogens with two attached hydrogens (primary N) is 1. The van der Waals surface area contributed by atoms with Crippen molar-refractivity contribution in [3.63, 3.8) is 0 Å². The van der Waals surface area contributed by atoms with Crippen LogP contribution in [0, 0.1) is 0 Å². The molecule has 0 amide bonds. The zero-order valence-electron chi connectivity index (χ0n) is 9.05. The summed E-state index contributed by atoms with van der Waals surface area (Å²) in [5.41, 5.74) is 7.37. The first kappa shape index (κ1) is 9.78. The summed E-state index contributed by atoms with van der Waals surface area (Å²) in [5.74, 6) is 2.73. The van der Waals surface area contributed by atoms with Crippen LogP contribution in [-0.2, 0) is 12.8 Å². The standard InChI is InChI=1S/C12H19NO/c1-3-10-7-9-5-4-6-11(8(2)13)12(9)14-10/h7-8,11H,3-6,13H2,1-2H3. The first-order valence-electron chi connectivity index (χ1n) is 5.59. The lowest BCUT2D eigenvalue weighted by Crippen LogP contribution is -2.27. The van der Waals surface area contributed by atoms with Crippen LogP contribution in [0.1, 0.15) is 49.7 Å². The maximum atomic E-state index is 5.97. The number of furan rings is 1. The van der Waals surface area contributed by atoms with Crippen LogP contribution in [0.15, 0.2) is 10.5 Å². The van der Waals surface area contributed by atoms with Crippen molar-refractivity contribution in [3.8, 4) is 0 Å². The van der Waals surface area contributed by atoms with Crippen molar-refractivity contribution in [1.82, 2.24) is 0 Å². The maximum absolute atomic E-state index is 5.97. The van der Waals surface area contributed by atoms with Crippen LogP contribution in [0.2, 0.25) is 0 Å². The number of aryl methyl sites for hydroxylation is 2. The Hall–Kier alpha value is -0.760. The minimum Gasteiger partial charge on any atom is -0.465 e. The molecule has 2 nitrogen and oxygen atoms in total. The zero-order valence-corrected chi connectivity index (χ0v) is 9.05. The second-order valence-electron chi connectivity index (χ2n) is 4.31. The van der Waals surface area contributed by atoms with E-state index in [-0.39, 0.29) is 6.04 Å². The zero-order chi connectivity index (χ0) is 10.1. The highest BCUT2D eigenvalue weighted by molar-refractivity contribution is 5.28. The predicted molar refractivity (Wildman–Crippen MR) is 57.4 cm³/mol. The monoisotopic (exact) mass is 193 g/mol. The largest absolute Gasteiger partial charge is 0.465 e. The van der Waals surface area contributed by atoms with Crippen molar-refractivity contribution < 1.29 is 4.42 Å². The summed E-state index contributed by atoms with van der Waals surface area (Å²) >= 11 is 0. The van der Waals surface area contributed by atoms with Crippen LogP contribution >= 0.6 is 0 Å². The quantitative estimate of drug-likeness (QED) is 0.784. The van der Waals surface area contributed by atoms with E-state index in [4.69, 9.17) is 10.2 Å². The van der Waals surface area contributed by atoms with Crippen LogP contribution in [0.5, 0.6) is 0 Å². The van der Waals surface area contributed by atoms with Crippen LogP contribution in [0.3, 0.4) is 0 Å². The van der Waals surface area contributed by atoms with Crippen molar-refractivity contribution in [2.24, 2.45) is 5.73 Å². The van der Waals surface area contributed by atoms with E-state index in [2.05, 4.69) is 19.9 Å². The van der Waals surface area contributed by atoms with Gasteiger partial charge >= 0.3 is 0 Å². The fourth-order valence-electron chi connectivity index (χ4n) is 2.33. The van der Waals surface area contributed by atoms with Crippen LogP contribution in [0.4, 0.5) is 0 Å². The van der Waals surface area contributed by atoms with Gasteiger partial charge in [-0.25, -0.2) is 0 Å². The summed E-state index contributed by atoms with van der Waals surface area (Å²) in [6, 6.07) is 2.43. The van der Waals surface area contributed by atoms with Crippen LogP contribution < -0.4 is 5.73 Å². The smallest absolute Gasteiger partial charge is 0.111 e. The van der Waals surface area contributed by atoms with Gasteiger partial charge in [0.1, 0.15) is 11.5 Å². The predicted octanol–water partition coefficient (Wildman–Crippen LogP) is 2.61. The van der Waals surface area contributed by atoms with E-state index in [1.54, 1.807) is 0 Å². The Labute approximate surface area is 85.5 Å². The third-order valence-corrected chi connectivity index (χ3v) is 3.17. The van der Waals surface area contributed by atoms with Gasteiger partial charge in [0.05, 0.1) is 0 Å². The number of fused-ring (bicyclic) bond motifs is 1. The summed E-state index contributed by atoms with van der Waals surface area (Å²) in [7, 11) is 0. The van der Waals surface area contributed by atoms with Gasteiger partial charge in [0, 0.05) is 18.4 Å². The summed E-state index contributed by atoms with van der Waals surface area (Å²) in [6.07, 6.45) is 4.59. The molecule has 0 fully saturated rings. The van der Waals surface area contributed by atoms with Gasteiger partial charge in [0.2, 0.25) is 0 Å². The lowest BCUT2D eigenvalue weighted by Gasteiger charge is -2.23. The van der Waals surface area contributed by atoms with Crippen molar-refractivity contribution in [1.29, 1.82) is 0 Å². The molecule has 14 heavy (non-hydrogen) atoms. The lowest BCUT2D eigenvalue weighted by molar-refractivity contribution is 0.369. The minimum absolute atomic E-state index is 0.213. The van der Waals surface area contributed by atoms with Gasteiger partial charge in [-0.05, 0) is 37.8 Å². The van der Waals surface area contributed by atoms with Gasteiger partial charge in [-0.3, -0.25) is 0 Å². The van der Waals surface area contributed by atoms with Crippen molar-refractivity contribution >= 4 is 0 Å². The molecule has 1 aliphatic rings. The second kappa shape index (κ2) is 3.77. The van der Waals surface area contributed by atoms with Gasteiger partial charge in [-0.2, -0.15) is 0 Å². The Morgan fingerprint density at radius 2 is 2.43 bits per heavy atom. The third-order valence-electron chi connectivity index (χ3n) is 3.17. The highest BCUT2D eigenvalue weighted by Crippen LogP contribution is 2.35. The summed E-state index contributed by atoms with van der Waals surface area (Å²) in [4.78, 5) is 0. The maximum Gasteiger partial charge on any atom is 0.111 e. The molecule has 0 aromatic carbocycles. The molecule has 2 rings (SSSR count). The summed E-state index contributed by atoms with van der Waals surface area (Å²) < 4.78 is 5.85. The van der Waals surface area contributed by atoms with Gasteiger partial charge in [-0.1, -0.05) is 6.92 Å². The molecule has 0 bridgehead atoms. The van der Waals surface area contributed by atoms with Gasteiger partial charge in [0.25, 0.3) is 0 Å². The molecule has 2 atom stereocenters. The average Bonchev–Trinajstić information content (AvgIpc) is 2.59. The molecular weight excluding hydrogens is 174 g/mol. The Morgan fingerprint density at radius 1 is 1.64 bits per heavy atom. The Bertz CT molecular complexity index is 314. The molecule has 0 aliphatic heterocycles. The molecule has 0 radical (unpaired) electrons. The van der Waals surface area contributed by atoms with Crippen LogP contribution in [-0.4, -0.2) is 6.04 Å². The topological polar surface area (TPSA) is 39.2 Å². The fourth-order valence-corrected chi connectivity index (χ4v) is 2.33. The molecule has 1 aromatic heterocycles. The first-order valence-corrected chi connectivity index (χ1v) is 5.59. The SMILES string of the molecule is CCc1cc2c(o1)C(C(C)N)CCC2. The third kappa shape index (κ3) is 1.59. The second-order valence-corrected chi connectivity index (χ2v) is 4.31. The fraction of sp³-hybridized carbons (Fsp3) is 0.667. The minimum atomic E-state index is 0.213. The Balaban J connectivity index is 2.33. The molecule has 1 aromatic rings. The van der Waals surface area contributed by atoms with E-state index in [9.17, 15) is 0 Å². The molecule has 2 N–H and O–H groups in total.